The number of nitrogens with two attached hydrogens (primary N) is 1. The predicted molar refractivity (Wildman–Crippen MR) is 90.8 cm³/mol. The molecule has 4 heteroatoms. The Kier molecular flexibility index (Phi) is 7.18. The highest BCUT2D eigenvalue weighted by molar-refractivity contribution is 7.73. The molecule has 3 N–H and O–H groups in total. The molecule has 0 aromatic heterocycles. The second-order valence-corrected chi connectivity index (χ2v) is 6.94. The van der Waals surface area contributed by atoms with Crippen LogP contribution in [-0.2, 0) is 0 Å². The van der Waals surface area contributed by atoms with Crippen LogP contribution < -0.4 is 16.3 Å². The third-order valence-electron chi connectivity index (χ3n) is 3.15. The molecule has 0 aliphatic heterocycles. The average molecular weight is 310 g/mol. The summed E-state index contributed by atoms with van der Waals surface area (Å²) in [5, 5.41) is 12.3. The van der Waals surface area contributed by atoms with Crippen LogP contribution >= 0.6 is 20.3 Å². The van der Waals surface area contributed by atoms with Crippen LogP contribution in [0.1, 0.15) is 6.92 Å². The van der Waals surface area contributed by atoms with Gasteiger partial charge in [0.25, 0.3) is 0 Å². The molecule has 0 aliphatic rings. The summed E-state index contributed by atoms with van der Waals surface area (Å²) in [6.07, 6.45) is 0.332. The SMILES string of the molecule is C[C@H](O)[C@@H](N)CP(c1ccccc1)c1ccccc1.Cl. The summed E-state index contributed by atoms with van der Waals surface area (Å²) in [6, 6.07) is 20.7. The van der Waals surface area contributed by atoms with Gasteiger partial charge < -0.3 is 10.8 Å². The van der Waals surface area contributed by atoms with Gasteiger partial charge in [-0.2, -0.15) is 0 Å². The molecule has 2 aromatic carbocycles. The van der Waals surface area contributed by atoms with Crippen molar-refractivity contribution in [2.45, 2.75) is 19.1 Å². The summed E-state index contributed by atoms with van der Waals surface area (Å²) in [5.41, 5.74) is 6.06. The Morgan fingerprint density at radius 2 is 1.35 bits per heavy atom. The summed E-state index contributed by atoms with van der Waals surface area (Å²) in [6.45, 7) is 1.76. The van der Waals surface area contributed by atoms with Gasteiger partial charge in [-0.15, -0.1) is 12.4 Å². The van der Waals surface area contributed by atoms with E-state index in [0.29, 0.717) is 0 Å². The number of benzene rings is 2. The maximum absolute atomic E-state index is 9.65. The van der Waals surface area contributed by atoms with Crippen molar-refractivity contribution in [3.63, 3.8) is 0 Å². The molecule has 0 fully saturated rings. The lowest BCUT2D eigenvalue weighted by atomic mass is 10.2. The monoisotopic (exact) mass is 309 g/mol. The molecule has 2 nitrogen and oxygen atoms in total. The smallest absolute Gasteiger partial charge is 0.0666 e. The van der Waals surface area contributed by atoms with Gasteiger partial charge in [0, 0.05) is 6.04 Å². The molecule has 2 aromatic rings. The molecule has 0 radical (unpaired) electrons. The van der Waals surface area contributed by atoms with Crippen LogP contribution in [0.15, 0.2) is 60.7 Å². The molecule has 0 spiro atoms. The van der Waals surface area contributed by atoms with Crippen molar-refractivity contribution in [1.29, 1.82) is 0 Å². The van der Waals surface area contributed by atoms with Crippen LogP contribution in [0.4, 0.5) is 0 Å². The minimum atomic E-state index is -0.508. The van der Waals surface area contributed by atoms with Crippen molar-refractivity contribution in [2.24, 2.45) is 5.73 Å². The zero-order chi connectivity index (χ0) is 13.7. The Bertz CT molecular complexity index is 453. The van der Waals surface area contributed by atoms with Gasteiger partial charge in [-0.25, -0.2) is 0 Å². The first-order chi connectivity index (χ1) is 9.18. The van der Waals surface area contributed by atoms with Gasteiger partial charge in [-0.3, -0.25) is 0 Å². The minimum Gasteiger partial charge on any atom is -0.392 e. The molecule has 0 heterocycles. The maximum atomic E-state index is 9.65. The molecule has 0 unspecified atom stereocenters. The largest absolute Gasteiger partial charge is 0.392 e. The van der Waals surface area contributed by atoms with Crippen molar-refractivity contribution < 1.29 is 5.11 Å². The standard InChI is InChI=1S/C16H20NOP.ClH/c1-13(18)16(17)12-19(14-8-4-2-5-9-14)15-10-6-3-7-11-15;/h2-11,13,16,18H,12,17H2,1H3;1H/t13-,16-;/m0./s1. The zero-order valence-corrected chi connectivity index (χ0v) is 13.2. The third-order valence-corrected chi connectivity index (χ3v) is 5.78. The number of hydrogen-bond acceptors (Lipinski definition) is 2. The molecule has 2 rings (SSSR count). The lowest BCUT2D eigenvalue weighted by Crippen LogP contribution is -2.37. The molecule has 2 atom stereocenters. The van der Waals surface area contributed by atoms with Gasteiger partial charge in [-0.1, -0.05) is 60.7 Å². The topological polar surface area (TPSA) is 46.2 Å². The molecule has 108 valence electrons. The van der Waals surface area contributed by atoms with E-state index < -0.39 is 14.0 Å². The second-order valence-electron chi connectivity index (χ2n) is 4.69. The Morgan fingerprint density at radius 3 is 1.70 bits per heavy atom. The first kappa shape index (κ1) is 17.1. The van der Waals surface area contributed by atoms with E-state index in [1.807, 2.05) is 12.1 Å². The highest BCUT2D eigenvalue weighted by atomic mass is 35.5. The van der Waals surface area contributed by atoms with Gasteiger partial charge in [0.15, 0.2) is 0 Å². The molecule has 0 saturated carbocycles. The van der Waals surface area contributed by atoms with Gasteiger partial charge >= 0.3 is 0 Å². The first-order valence-electron chi connectivity index (χ1n) is 6.50. The first-order valence-corrected chi connectivity index (χ1v) is 8.02. The van der Waals surface area contributed by atoms with Crippen molar-refractivity contribution in [2.75, 3.05) is 6.16 Å². The van der Waals surface area contributed by atoms with Crippen LogP contribution in [0.2, 0.25) is 0 Å². The fourth-order valence-electron chi connectivity index (χ4n) is 1.94. The van der Waals surface area contributed by atoms with E-state index in [1.165, 1.54) is 10.6 Å². The predicted octanol–water partition coefficient (Wildman–Crippen LogP) is 2.25. The Labute approximate surface area is 128 Å². The van der Waals surface area contributed by atoms with Gasteiger partial charge in [0.1, 0.15) is 0 Å². The molecular formula is C16H21ClNOP. The molecular weight excluding hydrogens is 289 g/mol. The van der Waals surface area contributed by atoms with E-state index in [4.69, 9.17) is 5.73 Å². The number of rotatable bonds is 5. The van der Waals surface area contributed by atoms with E-state index in [0.717, 1.165) is 6.16 Å². The second kappa shape index (κ2) is 8.39. The van der Waals surface area contributed by atoms with Crippen molar-refractivity contribution in [1.82, 2.24) is 0 Å². The molecule has 20 heavy (non-hydrogen) atoms. The lowest BCUT2D eigenvalue weighted by molar-refractivity contribution is 0.172. The highest BCUT2D eigenvalue weighted by Gasteiger charge is 2.19. The van der Waals surface area contributed by atoms with E-state index in [2.05, 4.69) is 48.5 Å². The molecule has 0 saturated heterocycles. The number of aliphatic hydroxyl groups is 1. The number of hydrogen-bond donors (Lipinski definition) is 2. The van der Waals surface area contributed by atoms with Crippen LogP contribution in [0.3, 0.4) is 0 Å². The molecule has 0 bridgehead atoms. The van der Waals surface area contributed by atoms with Gasteiger partial charge in [-0.05, 0) is 31.6 Å². The average Bonchev–Trinajstić information content (AvgIpc) is 2.46. The quantitative estimate of drug-likeness (QED) is 0.832. The fourth-order valence-corrected chi connectivity index (χ4v) is 4.45. The number of halogens is 1. The van der Waals surface area contributed by atoms with Crippen LogP contribution in [0.5, 0.6) is 0 Å². The van der Waals surface area contributed by atoms with Gasteiger partial charge in [0.05, 0.1) is 6.10 Å². The summed E-state index contributed by atoms with van der Waals surface area (Å²) < 4.78 is 0. The molecule has 0 amide bonds. The summed E-state index contributed by atoms with van der Waals surface area (Å²) in [4.78, 5) is 0. The Balaban J connectivity index is 0.00000200. The fraction of sp³-hybridized carbons (Fsp3) is 0.250. The third kappa shape index (κ3) is 4.57. The van der Waals surface area contributed by atoms with E-state index >= 15 is 0 Å². The van der Waals surface area contributed by atoms with Gasteiger partial charge in [0.2, 0.25) is 0 Å². The summed E-state index contributed by atoms with van der Waals surface area (Å²) >= 11 is 0. The van der Waals surface area contributed by atoms with E-state index in [1.54, 1.807) is 6.92 Å². The van der Waals surface area contributed by atoms with Crippen molar-refractivity contribution in [3.8, 4) is 0 Å². The minimum absolute atomic E-state index is 0. The van der Waals surface area contributed by atoms with Crippen molar-refractivity contribution >= 4 is 30.9 Å². The van der Waals surface area contributed by atoms with Crippen LogP contribution in [0, 0.1) is 0 Å². The lowest BCUT2D eigenvalue weighted by Gasteiger charge is -2.24. The van der Waals surface area contributed by atoms with E-state index in [-0.39, 0.29) is 18.4 Å². The Hall–Kier alpha value is -0.920. The number of aliphatic hydroxyl groups excluding tert-OH is 1. The molecule has 0 aliphatic carbocycles. The van der Waals surface area contributed by atoms with Crippen molar-refractivity contribution in [3.05, 3.63) is 60.7 Å². The summed E-state index contributed by atoms with van der Waals surface area (Å²) in [5.74, 6) is 0. The van der Waals surface area contributed by atoms with E-state index in [9.17, 15) is 5.11 Å². The Morgan fingerprint density at radius 1 is 0.950 bits per heavy atom. The highest BCUT2D eigenvalue weighted by Crippen LogP contribution is 2.34. The van der Waals surface area contributed by atoms with Crippen LogP contribution in [-0.4, -0.2) is 23.4 Å². The van der Waals surface area contributed by atoms with Crippen LogP contribution in [0.25, 0.3) is 0 Å². The summed E-state index contributed by atoms with van der Waals surface area (Å²) in [7, 11) is -0.508. The normalized spacial score (nSPS) is 13.6. The zero-order valence-electron chi connectivity index (χ0n) is 11.5. The maximum Gasteiger partial charge on any atom is 0.0666 e.